The molecule has 0 unspecified atom stereocenters. The third kappa shape index (κ3) is 3.72. The summed E-state index contributed by atoms with van der Waals surface area (Å²) in [6, 6.07) is 25.4. The summed E-state index contributed by atoms with van der Waals surface area (Å²) in [4.78, 5) is 4.90. The number of anilines is 1. The van der Waals surface area contributed by atoms with Gasteiger partial charge in [-0.25, -0.2) is 4.98 Å². The van der Waals surface area contributed by atoms with Gasteiger partial charge in [-0.2, -0.15) is 0 Å². The predicted octanol–water partition coefficient (Wildman–Crippen LogP) is 5.38. The zero-order valence-electron chi connectivity index (χ0n) is 15.9. The lowest BCUT2D eigenvalue weighted by Gasteiger charge is -2.11. The number of hydrogen-bond donors (Lipinski definition) is 1. The second-order valence-electron chi connectivity index (χ2n) is 7.42. The molecule has 3 nitrogen and oxygen atoms in total. The second kappa shape index (κ2) is 7.28. The summed E-state index contributed by atoms with van der Waals surface area (Å²) >= 11 is 0. The van der Waals surface area contributed by atoms with E-state index in [2.05, 4.69) is 73.0 Å². The van der Waals surface area contributed by atoms with Gasteiger partial charge in [0.15, 0.2) is 0 Å². The first kappa shape index (κ1) is 17.3. The Morgan fingerprint density at radius 1 is 0.852 bits per heavy atom. The van der Waals surface area contributed by atoms with E-state index in [9.17, 15) is 0 Å². The van der Waals surface area contributed by atoms with Crippen molar-refractivity contribution in [3.8, 4) is 0 Å². The summed E-state index contributed by atoms with van der Waals surface area (Å²) in [5.74, 6) is 1.63. The van der Waals surface area contributed by atoms with Gasteiger partial charge in [-0.05, 0) is 46.9 Å². The van der Waals surface area contributed by atoms with Crippen LogP contribution in [0.2, 0.25) is 0 Å². The molecule has 27 heavy (non-hydrogen) atoms. The van der Waals surface area contributed by atoms with Crippen LogP contribution in [-0.4, -0.2) is 9.55 Å². The number of fused-ring (bicyclic) bond motifs is 1. The molecule has 0 aliphatic rings. The molecule has 0 atom stereocenters. The standard InChI is InChI=1S/C24H25N3/c1-17(2)20-11-7-19(8-12-20)16-27-23-6-4-3-5-22(23)26-24(27)15-18-9-13-21(25)14-10-18/h3-14,17H,15-16,25H2,1-2H3. The summed E-state index contributed by atoms with van der Waals surface area (Å²) in [6.45, 7) is 5.27. The third-order valence-corrected chi connectivity index (χ3v) is 5.06. The van der Waals surface area contributed by atoms with E-state index in [1.165, 1.54) is 22.2 Å². The quantitative estimate of drug-likeness (QED) is 0.488. The van der Waals surface area contributed by atoms with Crippen molar-refractivity contribution in [2.75, 3.05) is 5.73 Å². The normalized spacial score (nSPS) is 11.4. The molecule has 4 aromatic rings. The number of nitrogens with zero attached hydrogens (tertiary/aromatic N) is 2. The molecule has 1 heterocycles. The van der Waals surface area contributed by atoms with Crippen molar-refractivity contribution in [3.63, 3.8) is 0 Å². The van der Waals surface area contributed by atoms with E-state index in [1.807, 2.05) is 18.2 Å². The van der Waals surface area contributed by atoms with Gasteiger partial charge in [-0.3, -0.25) is 0 Å². The molecule has 0 aliphatic carbocycles. The second-order valence-corrected chi connectivity index (χ2v) is 7.42. The molecule has 0 aliphatic heterocycles. The van der Waals surface area contributed by atoms with Crippen molar-refractivity contribution in [1.29, 1.82) is 0 Å². The van der Waals surface area contributed by atoms with E-state index < -0.39 is 0 Å². The van der Waals surface area contributed by atoms with Crippen LogP contribution < -0.4 is 5.73 Å². The summed E-state index contributed by atoms with van der Waals surface area (Å²) in [5, 5.41) is 0. The van der Waals surface area contributed by atoms with Crippen LogP contribution in [0.15, 0.2) is 72.8 Å². The van der Waals surface area contributed by atoms with Crippen molar-refractivity contribution < 1.29 is 0 Å². The van der Waals surface area contributed by atoms with Crippen molar-refractivity contribution >= 4 is 16.7 Å². The van der Waals surface area contributed by atoms with Gasteiger partial charge >= 0.3 is 0 Å². The van der Waals surface area contributed by atoms with Gasteiger partial charge in [-0.1, -0.05) is 62.4 Å². The fourth-order valence-corrected chi connectivity index (χ4v) is 3.45. The van der Waals surface area contributed by atoms with Gasteiger partial charge in [0.05, 0.1) is 11.0 Å². The molecule has 0 amide bonds. The van der Waals surface area contributed by atoms with E-state index in [0.717, 1.165) is 30.0 Å². The maximum atomic E-state index is 5.83. The highest BCUT2D eigenvalue weighted by Gasteiger charge is 2.12. The maximum Gasteiger partial charge on any atom is 0.114 e. The minimum absolute atomic E-state index is 0.550. The number of imidazole rings is 1. The average molecular weight is 355 g/mol. The van der Waals surface area contributed by atoms with Crippen molar-refractivity contribution in [3.05, 3.63) is 95.3 Å². The Balaban J connectivity index is 1.70. The molecule has 0 spiro atoms. The first-order valence-electron chi connectivity index (χ1n) is 9.47. The summed E-state index contributed by atoms with van der Waals surface area (Å²) < 4.78 is 2.33. The molecule has 0 radical (unpaired) electrons. The molecule has 136 valence electrons. The average Bonchev–Trinajstić information content (AvgIpc) is 3.01. The fraction of sp³-hybridized carbons (Fsp3) is 0.208. The Hall–Kier alpha value is -3.07. The molecular formula is C24H25N3. The molecule has 0 bridgehead atoms. The van der Waals surface area contributed by atoms with E-state index >= 15 is 0 Å². The Morgan fingerprint density at radius 2 is 1.52 bits per heavy atom. The summed E-state index contributed by atoms with van der Waals surface area (Å²) in [5.41, 5.74) is 12.7. The van der Waals surface area contributed by atoms with E-state index in [4.69, 9.17) is 10.7 Å². The number of rotatable bonds is 5. The van der Waals surface area contributed by atoms with Crippen molar-refractivity contribution in [1.82, 2.24) is 9.55 Å². The minimum atomic E-state index is 0.550. The molecule has 0 saturated heterocycles. The highest BCUT2D eigenvalue weighted by atomic mass is 15.1. The summed E-state index contributed by atoms with van der Waals surface area (Å²) in [7, 11) is 0. The molecule has 3 heteroatoms. The Kier molecular flexibility index (Phi) is 4.68. The zero-order valence-corrected chi connectivity index (χ0v) is 15.9. The fourth-order valence-electron chi connectivity index (χ4n) is 3.45. The van der Waals surface area contributed by atoms with Crippen LogP contribution in [0.1, 0.15) is 42.3 Å². The van der Waals surface area contributed by atoms with Crippen LogP contribution in [0.5, 0.6) is 0 Å². The zero-order chi connectivity index (χ0) is 18.8. The van der Waals surface area contributed by atoms with Crippen LogP contribution in [0.3, 0.4) is 0 Å². The SMILES string of the molecule is CC(C)c1ccc(Cn2c(Cc3ccc(N)cc3)nc3ccccc32)cc1. The first-order valence-corrected chi connectivity index (χ1v) is 9.47. The Morgan fingerprint density at radius 3 is 2.22 bits per heavy atom. The Bertz CT molecular complexity index is 1040. The highest BCUT2D eigenvalue weighted by molar-refractivity contribution is 5.76. The smallest absolute Gasteiger partial charge is 0.114 e. The van der Waals surface area contributed by atoms with Crippen LogP contribution >= 0.6 is 0 Å². The monoisotopic (exact) mass is 355 g/mol. The Labute approximate surface area is 160 Å². The largest absolute Gasteiger partial charge is 0.399 e. The number of para-hydroxylation sites is 2. The lowest BCUT2D eigenvalue weighted by atomic mass is 10.0. The lowest BCUT2D eigenvalue weighted by Crippen LogP contribution is -2.06. The molecule has 3 aromatic carbocycles. The molecule has 2 N–H and O–H groups in total. The van der Waals surface area contributed by atoms with Crippen LogP contribution in [0.25, 0.3) is 11.0 Å². The number of nitrogens with two attached hydrogens (primary N) is 1. The minimum Gasteiger partial charge on any atom is -0.399 e. The van der Waals surface area contributed by atoms with Crippen molar-refractivity contribution in [2.45, 2.75) is 32.7 Å². The van der Waals surface area contributed by atoms with E-state index in [-0.39, 0.29) is 0 Å². The maximum absolute atomic E-state index is 5.83. The topological polar surface area (TPSA) is 43.8 Å². The van der Waals surface area contributed by atoms with Crippen LogP contribution in [0, 0.1) is 0 Å². The van der Waals surface area contributed by atoms with Crippen LogP contribution in [0.4, 0.5) is 5.69 Å². The third-order valence-electron chi connectivity index (χ3n) is 5.06. The summed E-state index contributed by atoms with van der Waals surface area (Å²) in [6.07, 6.45) is 0.791. The lowest BCUT2D eigenvalue weighted by molar-refractivity contribution is 0.761. The molecule has 1 aromatic heterocycles. The van der Waals surface area contributed by atoms with Gasteiger partial charge in [0, 0.05) is 18.7 Å². The van der Waals surface area contributed by atoms with Gasteiger partial charge in [0.25, 0.3) is 0 Å². The highest BCUT2D eigenvalue weighted by Crippen LogP contribution is 2.22. The number of benzene rings is 3. The predicted molar refractivity (Wildman–Crippen MR) is 113 cm³/mol. The van der Waals surface area contributed by atoms with Gasteiger partial charge in [0.2, 0.25) is 0 Å². The van der Waals surface area contributed by atoms with Crippen molar-refractivity contribution in [2.24, 2.45) is 0 Å². The first-order chi connectivity index (χ1) is 13.1. The molecule has 4 rings (SSSR count). The van der Waals surface area contributed by atoms with E-state index in [1.54, 1.807) is 0 Å². The van der Waals surface area contributed by atoms with Gasteiger partial charge < -0.3 is 10.3 Å². The number of nitrogen functional groups attached to an aromatic ring is 1. The molecule has 0 fully saturated rings. The van der Waals surface area contributed by atoms with Gasteiger partial charge in [0.1, 0.15) is 5.82 Å². The number of aromatic nitrogens is 2. The van der Waals surface area contributed by atoms with Gasteiger partial charge in [-0.15, -0.1) is 0 Å². The number of hydrogen-bond acceptors (Lipinski definition) is 2. The molecule has 0 saturated carbocycles. The van der Waals surface area contributed by atoms with Crippen LogP contribution in [-0.2, 0) is 13.0 Å². The van der Waals surface area contributed by atoms with E-state index in [0.29, 0.717) is 5.92 Å². The molecular weight excluding hydrogens is 330 g/mol.